The van der Waals surface area contributed by atoms with Gasteiger partial charge in [-0.2, -0.15) is 0 Å². The van der Waals surface area contributed by atoms with E-state index in [1.54, 1.807) is 6.08 Å². The van der Waals surface area contributed by atoms with E-state index in [4.69, 9.17) is 9.47 Å². The predicted molar refractivity (Wildman–Crippen MR) is 104 cm³/mol. The van der Waals surface area contributed by atoms with E-state index in [9.17, 15) is 9.90 Å². The van der Waals surface area contributed by atoms with Crippen molar-refractivity contribution in [3.05, 3.63) is 47.8 Å². The van der Waals surface area contributed by atoms with Crippen molar-refractivity contribution < 1.29 is 19.4 Å². The molecule has 0 aromatic rings. The Morgan fingerprint density at radius 2 is 2.08 bits per heavy atom. The van der Waals surface area contributed by atoms with E-state index in [1.807, 2.05) is 32.1 Å². The van der Waals surface area contributed by atoms with Gasteiger partial charge in [-0.15, -0.1) is 0 Å². The van der Waals surface area contributed by atoms with Crippen molar-refractivity contribution in [1.82, 2.24) is 5.32 Å². The van der Waals surface area contributed by atoms with Crippen molar-refractivity contribution in [2.75, 3.05) is 7.11 Å². The number of amides is 1. The summed E-state index contributed by atoms with van der Waals surface area (Å²) in [6, 6.07) is 0.101. The zero-order valence-electron chi connectivity index (χ0n) is 16.8. The van der Waals surface area contributed by atoms with Crippen LogP contribution in [0.25, 0.3) is 0 Å². The summed E-state index contributed by atoms with van der Waals surface area (Å²) in [5.41, 5.74) is 1.10. The number of aliphatic hydroxyl groups excluding tert-OH is 1. The summed E-state index contributed by atoms with van der Waals surface area (Å²) in [4.78, 5) is 11.9. The number of allylic oxidation sites excluding steroid dienone is 4. The van der Waals surface area contributed by atoms with Crippen LogP contribution in [0, 0.1) is 5.41 Å². The lowest BCUT2D eigenvalue weighted by Gasteiger charge is -2.27. The summed E-state index contributed by atoms with van der Waals surface area (Å²) < 4.78 is 10.5. The van der Waals surface area contributed by atoms with Crippen LogP contribution in [0.3, 0.4) is 0 Å². The largest absolute Gasteiger partial charge is 0.496 e. The minimum atomic E-state index is -0.986. The Labute approximate surface area is 157 Å². The summed E-state index contributed by atoms with van der Waals surface area (Å²) in [6.07, 6.45) is 11.3. The summed E-state index contributed by atoms with van der Waals surface area (Å²) in [5.74, 6) is 0.370. The van der Waals surface area contributed by atoms with Crippen LogP contribution < -0.4 is 5.32 Å². The second kappa shape index (κ2) is 10.3. The molecule has 0 aliphatic carbocycles. The molecule has 0 spiro atoms. The van der Waals surface area contributed by atoms with E-state index in [2.05, 4.69) is 32.2 Å². The van der Waals surface area contributed by atoms with Gasteiger partial charge in [0.25, 0.3) is 0 Å². The Balaban J connectivity index is 2.42. The molecule has 0 saturated heterocycles. The Hall–Kier alpha value is -1.85. The molecule has 26 heavy (non-hydrogen) atoms. The van der Waals surface area contributed by atoms with E-state index in [-0.39, 0.29) is 23.5 Å². The highest BCUT2D eigenvalue weighted by Crippen LogP contribution is 2.21. The molecule has 146 valence electrons. The van der Waals surface area contributed by atoms with Crippen LogP contribution >= 0.6 is 0 Å². The van der Waals surface area contributed by atoms with Gasteiger partial charge in [0.1, 0.15) is 5.76 Å². The van der Waals surface area contributed by atoms with E-state index >= 15 is 0 Å². The molecule has 0 bridgehead atoms. The Morgan fingerprint density at radius 3 is 2.65 bits per heavy atom. The highest BCUT2D eigenvalue weighted by molar-refractivity contribution is 5.88. The molecule has 0 saturated carbocycles. The summed E-state index contributed by atoms with van der Waals surface area (Å²) in [5, 5.41) is 12.7. The van der Waals surface area contributed by atoms with E-state index in [1.165, 1.54) is 13.2 Å². The standard InChI is InChI=1S/C21H33NO4/c1-15(11-12-17-13-14-18(25-6)20(24)26-17)9-7-8-10-19(23)22-16(2)21(3,4)5/h7-11,14,16-17,20,24H,12-13H2,1-6H3,(H,22,23)/b9-7-,10-8-,15-11+. The number of methoxy groups -OCH3 is 1. The first kappa shape index (κ1) is 22.2. The molecule has 2 N–H and O–H groups in total. The van der Waals surface area contributed by atoms with Crippen LogP contribution in [0.4, 0.5) is 0 Å². The summed E-state index contributed by atoms with van der Waals surface area (Å²) in [6.45, 7) is 10.3. The van der Waals surface area contributed by atoms with Crippen LogP contribution in [0.5, 0.6) is 0 Å². The lowest BCUT2D eigenvalue weighted by atomic mass is 9.88. The predicted octanol–water partition coefficient (Wildman–Crippen LogP) is 3.62. The van der Waals surface area contributed by atoms with Gasteiger partial charge in [-0.25, -0.2) is 0 Å². The van der Waals surface area contributed by atoms with Crippen LogP contribution in [0.1, 0.15) is 47.5 Å². The van der Waals surface area contributed by atoms with Gasteiger partial charge >= 0.3 is 0 Å². The third-order valence-electron chi connectivity index (χ3n) is 4.46. The third kappa shape index (κ3) is 8.02. The van der Waals surface area contributed by atoms with Crippen molar-refractivity contribution in [3.8, 4) is 0 Å². The molecule has 3 unspecified atom stereocenters. The van der Waals surface area contributed by atoms with Gasteiger partial charge in [-0.1, -0.05) is 50.6 Å². The average Bonchev–Trinajstić information content (AvgIpc) is 2.56. The number of ether oxygens (including phenoxy) is 2. The van der Waals surface area contributed by atoms with E-state index in [0.29, 0.717) is 18.6 Å². The molecule has 0 aromatic heterocycles. The van der Waals surface area contributed by atoms with Crippen LogP contribution in [0.15, 0.2) is 47.8 Å². The molecule has 0 radical (unpaired) electrons. The highest BCUT2D eigenvalue weighted by Gasteiger charge is 2.22. The van der Waals surface area contributed by atoms with Crippen molar-refractivity contribution in [2.24, 2.45) is 5.41 Å². The third-order valence-corrected chi connectivity index (χ3v) is 4.46. The molecule has 1 heterocycles. The number of carbonyl (C=O) groups is 1. The fourth-order valence-corrected chi connectivity index (χ4v) is 2.20. The van der Waals surface area contributed by atoms with Crippen LogP contribution in [-0.2, 0) is 14.3 Å². The molecule has 0 aromatic carbocycles. The fourth-order valence-electron chi connectivity index (χ4n) is 2.20. The molecule has 5 nitrogen and oxygen atoms in total. The smallest absolute Gasteiger partial charge is 0.244 e. The molecule has 1 rings (SSSR count). The SMILES string of the molecule is COC1=CCC(C/C=C(C)/C=C\C=C/C(=O)NC(C)C(C)(C)C)OC1O. The van der Waals surface area contributed by atoms with Gasteiger partial charge in [0, 0.05) is 12.1 Å². The van der Waals surface area contributed by atoms with Gasteiger partial charge in [-0.05, 0) is 38.2 Å². The summed E-state index contributed by atoms with van der Waals surface area (Å²) >= 11 is 0. The minimum absolute atomic E-state index is 0.0344. The first-order valence-corrected chi connectivity index (χ1v) is 9.03. The van der Waals surface area contributed by atoms with Crippen LogP contribution in [0.2, 0.25) is 0 Å². The van der Waals surface area contributed by atoms with Crippen molar-refractivity contribution in [3.63, 3.8) is 0 Å². The van der Waals surface area contributed by atoms with Crippen LogP contribution in [-0.4, -0.2) is 36.6 Å². The van der Waals surface area contributed by atoms with E-state index < -0.39 is 6.29 Å². The molecule has 0 fully saturated rings. The number of hydrogen-bond acceptors (Lipinski definition) is 4. The maximum absolute atomic E-state index is 11.9. The summed E-state index contributed by atoms with van der Waals surface area (Å²) in [7, 11) is 1.52. The second-order valence-electron chi connectivity index (χ2n) is 7.66. The van der Waals surface area contributed by atoms with E-state index in [0.717, 1.165) is 5.57 Å². The van der Waals surface area contributed by atoms with Crippen molar-refractivity contribution in [1.29, 1.82) is 0 Å². The molecule has 3 atom stereocenters. The number of carbonyl (C=O) groups excluding carboxylic acids is 1. The normalized spacial score (nSPS) is 23.2. The van der Waals surface area contributed by atoms with Gasteiger partial charge in [0.05, 0.1) is 13.2 Å². The van der Waals surface area contributed by atoms with Crippen molar-refractivity contribution in [2.45, 2.75) is 65.9 Å². The van der Waals surface area contributed by atoms with Gasteiger partial charge in [0.2, 0.25) is 12.2 Å². The quantitative estimate of drug-likeness (QED) is 0.535. The van der Waals surface area contributed by atoms with Gasteiger partial charge < -0.3 is 19.9 Å². The molecular weight excluding hydrogens is 330 g/mol. The lowest BCUT2D eigenvalue weighted by molar-refractivity contribution is -0.140. The monoisotopic (exact) mass is 363 g/mol. The maximum Gasteiger partial charge on any atom is 0.244 e. The zero-order valence-corrected chi connectivity index (χ0v) is 16.8. The molecule has 5 heteroatoms. The molecular formula is C21H33NO4. The zero-order chi connectivity index (χ0) is 19.7. The molecule has 1 amide bonds. The Bertz CT molecular complexity index is 581. The molecule has 1 aliphatic heterocycles. The van der Waals surface area contributed by atoms with Gasteiger partial charge in [0.15, 0.2) is 0 Å². The first-order valence-electron chi connectivity index (χ1n) is 9.03. The Morgan fingerprint density at radius 1 is 1.42 bits per heavy atom. The van der Waals surface area contributed by atoms with Gasteiger partial charge in [-0.3, -0.25) is 4.79 Å². The Kier molecular flexibility index (Phi) is 8.82. The highest BCUT2D eigenvalue weighted by atomic mass is 16.6. The number of aliphatic hydroxyl groups is 1. The average molecular weight is 363 g/mol. The van der Waals surface area contributed by atoms with Crippen molar-refractivity contribution >= 4 is 5.91 Å². The topological polar surface area (TPSA) is 67.8 Å². The lowest BCUT2D eigenvalue weighted by Crippen LogP contribution is -2.40. The number of hydrogen-bond donors (Lipinski definition) is 2. The maximum atomic E-state index is 11.9. The fraction of sp³-hybridized carbons (Fsp3) is 0.571. The molecule has 1 aliphatic rings. The number of rotatable bonds is 7. The number of nitrogens with one attached hydrogen (secondary N) is 1. The minimum Gasteiger partial charge on any atom is -0.496 e. The second-order valence-corrected chi connectivity index (χ2v) is 7.66. The first-order chi connectivity index (χ1) is 12.1.